The first kappa shape index (κ1) is 12.3. The number of benzene rings is 2. The summed E-state index contributed by atoms with van der Waals surface area (Å²) in [6.07, 6.45) is 0. The number of halogens is 2. The number of methoxy groups -OCH3 is 1. The molecule has 0 atom stereocenters. The van der Waals surface area contributed by atoms with E-state index in [9.17, 15) is 0 Å². The first-order chi connectivity index (χ1) is 9.17. The van der Waals surface area contributed by atoms with Gasteiger partial charge >= 0.3 is 0 Å². The van der Waals surface area contributed by atoms with Crippen LogP contribution in [0.25, 0.3) is 22.4 Å². The summed E-state index contributed by atoms with van der Waals surface area (Å²) in [5.41, 5.74) is 2.69. The number of fused-ring (bicyclic) bond motifs is 1. The molecule has 0 spiro atoms. The predicted molar refractivity (Wildman–Crippen MR) is 78.1 cm³/mol. The third-order valence-electron chi connectivity index (χ3n) is 2.88. The number of aromatic amines is 1. The monoisotopic (exact) mass is 292 g/mol. The molecule has 0 aliphatic heterocycles. The van der Waals surface area contributed by atoms with E-state index in [1.165, 1.54) is 0 Å². The van der Waals surface area contributed by atoms with Crippen LogP contribution in [0.15, 0.2) is 36.4 Å². The second kappa shape index (κ2) is 4.76. The number of hydrogen-bond donors (Lipinski definition) is 1. The largest absolute Gasteiger partial charge is 0.497 e. The van der Waals surface area contributed by atoms with Gasteiger partial charge < -0.3 is 9.72 Å². The molecule has 3 nitrogen and oxygen atoms in total. The highest BCUT2D eigenvalue weighted by molar-refractivity contribution is 6.42. The lowest BCUT2D eigenvalue weighted by Gasteiger charge is -1.99. The summed E-state index contributed by atoms with van der Waals surface area (Å²) in [5.74, 6) is 1.54. The lowest BCUT2D eigenvalue weighted by Crippen LogP contribution is -1.81. The van der Waals surface area contributed by atoms with Crippen molar-refractivity contribution in [3.8, 4) is 17.1 Å². The molecule has 1 heterocycles. The summed E-state index contributed by atoms with van der Waals surface area (Å²) >= 11 is 11.9. The molecule has 0 unspecified atom stereocenters. The van der Waals surface area contributed by atoms with E-state index in [-0.39, 0.29) is 0 Å². The third kappa shape index (κ3) is 2.27. The quantitative estimate of drug-likeness (QED) is 0.753. The van der Waals surface area contributed by atoms with Gasteiger partial charge in [0.05, 0.1) is 28.2 Å². The van der Waals surface area contributed by atoms with Crippen molar-refractivity contribution in [3.63, 3.8) is 0 Å². The fourth-order valence-electron chi connectivity index (χ4n) is 1.90. The highest BCUT2D eigenvalue weighted by Crippen LogP contribution is 2.29. The number of aromatic nitrogens is 2. The zero-order valence-electron chi connectivity index (χ0n) is 10.1. The molecule has 2 aromatic carbocycles. The Morgan fingerprint density at radius 1 is 1.05 bits per heavy atom. The summed E-state index contributed by atoms with van der Waals surface area (Å²) < 4.78 is 5.19. The number of rotatable bonds is 2. The third-order valence-corrected chi connectivity index (χ3v) is 3.62. The summed E-state index contributed by atoms with van der Waals surface area (Å²) in [7, 11) is 1.64. The van der Waals surface area contributed by atoms with Crippen LogP contribution in [0.5, 0.6) is 5.75 Å². The zero-order chi connectivity index (χ0) is 13.4. The van der Waals surface area contributed by atoms with Gasteiger partial charge in [-0.05, 0) is 30.3 Å². The van der Waals surface area contributed by atoms with Crippen LogP contribution in [0.1, 0.15) is 0 Å². The molecule has 0 fully saturated rings. The number of ether oxygens (including phenoxy) is 1. The first-order valence-electron chi connectivity index (χ1n) is 5.66. The molecular formula is C14H10Cl2N2O. The molecular weight excluding hydrogens is 283 g/mol. The predicted octanol–water partition coefficient (Wildman–Crippen LogP) is 4.55. The maximum Gasteiger partial charge on any atom is 0.138 e. The van der Waals surface area contributed by atoms with Crippen LogP contribution in [0.3, 0.4) is 0 Å². The van der Waals surface area contributed by atoms with Gasteiger partial charge in [-0.25, -0.2) is 4.98 Å². The Bertz CT molecular complexity index is 752. The van der Waals surface area contributed by atoms with Crippen molar-refractivity contribution in [2.24, 2.45) is 0 Å². The SMILES string of the molecule is COc1ccc2nc(-c3ccc(Cl)c(Cl)c3)[nH]c2c1. The molecule has 3 rings (SSSR count). The average Bonchev–Trinajstić information content (AvgIpc) is 2.84. The molecule has 0 bridgehead atoms. The van der Waals surface area contributed by atoms with E-state index >= 15 is 0 Å². The summed E-state index contributed by atoms with van der Waals surface area (Å²) in [5, 5.41) is 1.04. The van der Waals surface area contributed by atoms with Gasteiger partial charge in [-0.3, -0.25) is 0 Å². The minimum atomic E-state index is 0.511. The van der Waals surface area contributed by atoms with Crippen molar-refractivity contribution in [1.82, 2.24) is 9.97 Å². The van der Waals surface area contributed by atoms with Gasteiger partial charge in [0.2, 0.25) is 0 Å². The first-order valence-corrected chi connectivity index (χ1v) is 6.42. The Labute approximate surface area is 120 Å². The van der Waals surface area contributed by atoms with Crippen LogP contribution >= 0.6 is 23.2 Å². The normalized spacial score (nSPS) is 10.9. The van der Waals surface area contributed by atoms with Gasteiger partial charge in [-0.15, -0.1) is 0 Å². The van der Waals surface area contributed by atoms with Crippen molar-refractivity contribution in [3.05, 3.63) is 46.4 Å². The Morgan fingerprint density at radius 3 is 2.63 bits per heavy atom. The Balaban J connectivity index is 2.11. The van der Waals surface area contributed by atoms with E-state index in [1.807, 2.05) is 24.3 Å². The van der Waals surface area contributed by atoms with Gasteiger partial charge in [-0.1, -0.05) is 23.2 Å². The molecule has 0 saturated carbocycles. The number of imidazole rings is 1. The van der Waals surface area contributed by atoms with Gasteiger partial charge in [0.15, 0.2) is 0 Å². The fourth-order valence-corrected chi connectivity index (χ4v) is 2.19. The number of nitrogens with one attached hydrogen (secondary N) is 1. The van der Waals surface area contributed by atoms with Crippen LogP contribution in [0.4, 0.5) is 0 Å². The van der Waals surface area contributed by atoms with E-state index in [1.54, 1.807) is 19.2 Å². The lowest BCUT2D eigenvalue weighted by atomic mass is 10.2. The molecule has 0 aliphatic carbocycles. The summed E-state index contributed by atoms with van der Waals surface area (Å²) in [6.45, 7) is 0. The molecule has 96 valence electrons. The minimum absolute atomic E-state index is 0.511. The highest BCUT2D eigenvalue weighted by atomic mass is 35.5. The molecule has 3 aromatic rings. The summed E-state index contributed by atoms with van der Waals surface area (Å²) in [4.78, 5) is 7.76. The number of nitrogens with zero attached hydrogens (tertiary/aromatic N) is 1. The summed E-state index contributed by atoms with van der Waals surface area (Å²) in [6, 6.07) is 11.1. The van der Waals surface area contributed by atoms with E-state index in [0.29, 0.717) is 10.0 Å². The van der Waals surface area contributed by atoms with Crippen molar-refractivity contribution < 1.29 is 4.74 Å². The van der Waals surface area contributed by atoms with Gasteiger partial charge in [-0.2, -0.15) is 0 Å². The molecule has 0 amide bonds. The Hall–Kier alpha value is -1.71. The zero-order valence-corrected chi connectivity index (χ0v) is 11.6. The molecule has 5 heteroatoms. The molecule has 0 saturated heterocycles. The molecule has 0 radical (unpaired) electrons. The van der Waals surface area contributed by atoms with Crippen LogP contribution < -0.4 is 4.74 Å². The minimum Gasteiger partial charge on any atom is -0.497 e. The van der Waals surface area contributed by atoms with Crippen molar-refractivity contribution >= 4 is 34.2 Å². The Morgan fingerprint density at radius 2 is 1.89 bits per heavy atom. The smallest absolute Gasteiger partial charge is 0.138 e. The van der Waals surface area contributed by atoms with Crippen molar-refractivity contribution in [1.29, 1.82) is 0 Å². The average molecular weight is 293 g/mol. The van der Waals surface area contributed by atoms with E-state index < -0.39 is 0 Å². The number of H-pyrrole nitrogens is 1. The fraction of sp³-hybridized carbons (Fsp3) is 0.0714. The van der Waals surface area contributed by atoms with Gasteiger partial charge in [0, 0.05) is 11.6 Å². The number of hydrogen-bond acceptors (Lipinski definition) is 2. The van der Waals surface area contributed by atoms with Gasteiger partial charge in [0.1, 0.15) is 11.6 Å². The maximum atomic E-state index is 6.02. The highest BCUT2D eigenvalue weighted by Gasteiger charge is 2.08. The Kier molecular flexibility index (Phi) is 3.09. The van der Waals surface area contributed by atoms with Gasteiger partial charge in [0.25, 0.3) is 0 Å². The lowest BCUT2D eigenvalue weighted by molar-refractivity contribution is 0.415. The van der Waals surface area contributed by atoms with E-state index in [0.717, 1.165) is 28.2 Å². The molecule has 0 aliphatic rings. The topological polar surface area (TPSA) is 37.9 Å². The van der Waals surface area contributed by atoms with Crippen molar-refractivity contribution in [2.45, 2.75) is 0 Å². The maximum absolute atomic E-state index is 6.02. The molecule has 1 aromatic heterocycles. The second-order valence-corrected chi connectivity index (χ2v) is 4.91. The van der Waals surface area contributed by atoms with Crippen LogP contribution in [0.2, 0.25) is 10.0 Å². The van der Waals surface area contributed by atoms with Crippen LogP contribution in [0, 0.1) is 0 Å². The van der Waals surface area contributed by atoms with Crippen molar-refractivity contribution in [2.75, 3.05) is 7.11 Å². The van der Waals surface area contributed by atoms with Crippen LogP contribution in [-0.4, -0.2) is 17.1 Å². The van der Waals surface area contributed by atoms with E-state index in [4.69, 9.17) is 27.9 Å². The van der Waals surface area contributed by atoms with E-state index in [2.05, 4.69) is 9.97 Å². The van der Waals surface area contributed by atoms with Crippen LogP contribution in [-0.2, 0) is 0 Å². The molecule has 19 heavy (non-hydrogen) atoms. The second-order valence-electron chi connectivity index (χ2n) is 4.10. The molecule has 1 N–H and O–H groups in total. The standard InChI is InChI=1S/C14H10Cl2N2O/c1-19-9-3-5-12-13(7-9)18-14(17-12)8-2-4-10(15)11(16)6-8/h2-7H,1H3,(H,17,18).